The number of hydrogen-bond donors (Lipinski definition) is 2. The number of carbonyl (C=O) groups excluding carboxylic acids is 2. The van der Waals surface area contributed by atoms with Crippen LogP contribution in [-0.4, -0.2) is 17.1 Å². The summed E-state index contributed by atoms with van der Waals surface area (Å²) >= 11 is 0. The van der Waals surface area contributed by atoms with Crippen molar-refractivity contribution in [1.29, 1.82) is 0 Å². The molecule has 1 saturated heterocycles. The van der Waals surface area contributed by atoms with Gasteiger partial charge in [0.05, 0.1) is 11.4 Å². The van der Waals surface area contributed by atoms with E-state index in [1.807, 2.05) is 0 Å². The summed E-state index contributed by atoms with van der Waals surface area (Å²) in [4.78, 5) is 25.5. The highest BCUT2D eigenvalue weighted by Gasteiger charge is 2.44. The minimum Gasteiger partial charge on any atom is -0.453 e. The molecule has 1 aromatic rings. The number of nitrogens with one attached hydrogen (secondary N) is 2. The standard InChI is InChI=1S/C12H10N2O3/c15-7-12(11-2-1-5-13-11)14-9-6-8(16)3-4-10(9)17-12/h1-2,4-7,13-14H,3H2. The van der Waals surface area contributed by atoms with Gasteiger partial charge in [-0.05, 0) is 18.2 Å². The van der Waals surface area contributed by atoms with Gasteiger partial charge in [0.25, 0.3) is 5.72 Å². The molecular formula is C12H10N2O3. The van der Waals surface area contributed by atoms with Gasteiger partial charge in [0.1, 0.15) is 5.76 Å². The number of aromatic amines is 1. The number of allylic oxidation sites excluding steroid dienone is 2. The lowest BCUT2D eigenvalue weighted by Crippen LogP contribution is -2.39. The van der Waals surface area contributed by atoms with E-state index < -0.39 is 5.72 Å². The van der Waals surface area contributed by atoms with Crippen LogP contribution in [-0.2, 0) is 20.1 Å². The molecule has 1 atom stereocenters. The van der Waals surface area contributed by atoms with E-state index in [4.69, 9.17) is 4.74 Å². The summed E-state index contributed by atoms with van der Waals surface area (Å²) in [6, 6.07) is 3.53. The Morgan fingerprint density at radius 1 is 1.47 bits per heavy atom. The zero-order valence-corrected chi connectivity index (χ0v) is 8.90. The Kier molecular flexibility index (Phi) is 1.95. The quantitative estimate of drug-likeness (QED) is 0.735. The second kappa shape index (κ2) is 3.35. The first-order valence-corrected chi connectivity index (χ1v) is 5.26. The molecule has 1 unspecified atom stereocenters. The van der Waals surface area contributed by atoms with Crippen molar-refractivity contribution in [1.82, 2.24) is 10.3 Å². The van der Waals surface area contributed by atoms with E-state index in [0.29, 0.717) is 29.9 Å². The average Bonchev–Trinajstić information content (AvgIpc) is 2.95. The van der Waals surface area contributed by atoms with Crippen molar-refractivity contribution in [3.8, 4) is 0 Å². The van der Waals surface area contributed by atoms with Gasteiger partial charge in [-0.2, -0.15) is 0 Å². The monoisotopic (exact) mass is 230 g/mol. The Morgan fingerprint density at radius 2 is 2.35 bits per heavy atom. The number of aldehydes is 1. The lowest BCUT2D eigenvalue weighted by Gasteiger charge is -2.20. The molecule has 0 amide bonds. The number of fused-ring (bicyclic) bond motifs is 1. The third-order valence-electron chi connectivity index (χ3n) is 2.81. The predicted molar refractivity (Wildman–Crippen MR) is 58.5 cm³/mol. The van der Waals surface area contributed by atoms with Crippen molar-refractivity contribution in [3.63, 3.8) is 0 Å². The minimum absolute atomic E-state index is 0.00645. The fraction of sp³-hybridized carbons (Fsp3) is 0.167. The van der Waals surface area contributed by atoms with Crippen LogP contribution in [0.4, 0.5) is 0 Å². The number of H-pyrrole nitrogens is 1. The maximum atomic E-state index is 11.3. The average molecular weight is 230 g/mol. The van der Waals surface area contributed by atoms with Gasteiger partial charge < -0.3 is 15.0 Å². The van der Waals surface area contributed by atoms with Gasteiger partial charge >= 0.3 is 0 Å². The highest BCUT2D eigenvalue weighted by atomic mass is 16.5. The molecule has 1 aliphatic heterocycles. The topological polar surface area (TPSA) is 71.2 Å². The molecule has 3 rings (SSSR count). The summed E-state index contributed by atoms with van der Waals surface area (Å²) in [6.45, 7) is 0. The van der Waals surface area contributed by atoms with Crippen molar-refractivity contribution < 1.29 is 14.3 Å². The van der Waals surface area contributed by atoms with Crippen molar-refractivity contribution in [2.45, 2.75) is 12.1 Å². The highest BCUT2D eigenvalue weighted by molar-refractivity contribution is 5.93. The van der Waals surface area contributed by atoms with Gasteiger partial charge in [-0.15, -0.1) is 0 Å². The molecule has 1 fully saturated rings. The Bertz CT molecular complexity index is 542. The molecule has 1 aromatic heterocycles. The molecule has 2 aliphatic rings. The van der Waals surface area contributed by atoms with Crippen molar-refractivity contribution in [2.75, 3.05) is 0 Å². The maximum absolute atomic E-state index is 11.3. The summed E-state index contributed by atoms with van der Waals surface area (Å²) < 4.78 is 5.63. The highest BCUT2D eigenvalue weighted by Crippen LogP contribution is 2.35. The van der Waals surface area contributed by atoms with Crippen LogP contribution in [0.5, 0.6) is 0 Å². The molecule has 0 bridgehead atoms. The SMILES string of the molecule is O=CC1(c2ccc[nH]2)NC2=CC(=O)CC=C2O1. The second-order valence-electron chi connectivity index (χ2n) is 3.96. The summed E-state index contributed by atoms with van der Waals surface area (Å²) in [5.74, 6) is 0.541. The first kappa shape index (κ1) is 9.89. The van der Waals surface area contributed by atoms with Crippen LogP contribution in [0.25, 0.3) is 0 Å². The third kappa shape index (κ3) is 1.39. The Labute approximate surface area is 97.2 Å². The number of ether oxygens (including phenoxy) is 1. The molecule has 0 spiro atoms. The predicted octanol–water partition coefficient (Wildman–Crippen LogP) is 0.727. The third-order valence-corrected chi connectivity index (χ3v) is 2.81. The Morgan fingerprint density at radius 3 is 3.06 bits per heavy atom. The summed E-state index contributed by atoms with van der Waals surface area (Å²) in [6.07, 6.45) is 5.84. The molecule has 2 N–H and O–H groups in total. The first-order chi connectivity index (χ1) is 8.23. The van der Waals surface area contributed by atoms with Gasteiger partial charge in [0.15, 0.2) is 12.1 Å². The van der Waals surface area contributed by atoms with Crippen molar-refractivity contribution in [3.05, 3.63) is 47.6 Å². The molecule has 5 heteroatoms. The number of hydrogen-bond acceptors (Lipinski definition) is 4. The van der Waals surface area contributed by atoms with Gasteiger partial charge in [-0.25, -0.2) is 0 Å². The molecule has 1 aliphatic carbocycles. The second-order valence-corrected chi connectivity index (χ2v) is 3.96. The van der Waals surface area contributed by atoms with Crippen LogP contribution in [0.2, 0.25) is 0 Å². The van der Waals surface area contributed by atoms with Gasteiger partial charge in [0, 0.05) is 18.7 Å². The Balaban J connectivity index is 2.04. The van der Waals surface area contributed by atoms with Crippen LogP contribution in [0, 0.1) is 0 Å². The van der Waals surface area contributed by atoms with E-state index in [1.54, 1.807) is 24.4 Å². The van der Waals surface area contributed by atoms with Crippen LogP contribution in [0.1, 0.15) is 12.1 Å². The molecule has 5 nitrogen and oxygen atoms in total. The zero-order chi connectivity index (χ0) is 11.9. The molecule has 17 heavy (non-hydrogen) atoms. The summed E-state index contributed by atoms with van der Waals surface area (Å²) in [7, 11) is 0. The van der Waals surface area contributed by atoms with Crippen LogP contribution >= 0.6 is 0 Å². The van der Waals surface area contributed by atoms with E-state index in [9.17, 15) is 9.59 Å². The van der Waals surface area contributed by atoms with E-state index in [-0.39, 0.29) is 5.78 Å². The summed E-state index contributed by atoms with van der Waals surface area (Å²) in [5.41, 5.74) is -0.0784. The van der Waals surface area contributed by atoms with E-state index in [0.717, 1.165) is 0 Å². The van der Waals surface area contributed by atoms with Crippen LogP contribution < -0.4 is 5.32 Å². The van der Waals surface area contributed by atoms with Crippen LogP contribution in [0.15, 0.2) is 41.9 Å². The number of ketones is 1. The molecule has 0 aromatic carbocycles. The molecule has 2 heterocycles. The van der Waals surface area contributed by atoms with E-state index in [2.05, 4.69) is 10.3 Å². The van der Waals surface area contributed by atoms with E-state index >= 15 is 0 Å². The van der Waals surface area contributed by atoms with Crippen LogP contribution in [0.3, 0.4) is 0 Å². The number of carbonyl (C=O) groups is 2. The smallest absolute Gasteiger partial charge is 0.278 e. The lowest BCUT2D eigenvalue weighted by molar-refractivity contribution is -0.126. The minimum atomic E-state index is -1.24. The Hall–Kier alpha value is -2.30. The maximum Gasteiger partial charge on any atom is 0.278 e. The fourth-order valence-electron chi connectivity index (χ4n) is 1.99. The van der Waals surface area contributed by atoms with E-state index in [1.165, 1.54) is 6.08 Å². The molecule has 0 radical (unpaired) electrons. The molecule has 0 saturated carbocycles. The van der Waals surface area contributed by atoms with Crippen molar-refractivity contribution in [2.24, 2.45) is 0 Å². The summed E-state index contributed by atoms with van der Waals surface area (Å²) in [5, 5.41) is 2.94. The van der Waals surface area contributed by atoms with Crippen molar-refractivity contribution >= 4 is 12.1 Å². The fourth-order valence-corrected chi connectivity index (χ4v) is 1.99. The number of aromatic nitrogens is 1. The normalized spacial score (nSPS) is 26.5. The largest absolute Gasteiger partial charge is 0.453 e. The lowest BCUT2D eigenvalue weighted by atomic mass is 10.1. The van der Waals surface area contributed by atoms with Gasteiger partial charge in [-0.3, -0.25) is 9.59 Å². The van der Waals surface area contributed by atoms with Gasteiger partial charge in [-0.1, -0.05) is 0 Å². The molecular weight excluding hydrogens is 220 g/mol. The van der Waals surface area contributed by atoms with Gasteiger partial charge in [0.2, 0.25) is 0 Å². The first-order valence-electron chi connectivity index (χ1n) is 5.26. The number of rotatable bonds is 2. The zero-order valence-electron chi connectivity index (χ0n) is 8.90. The molecule has 86 valence electrons.